The average Bonchev–Trinajstić information content (AvgIpc) is 3.10. The normalized spacial score (nSPS) is 12.8. The fourth-order valence-electron chi connectivity index (χ4n) is 2.18. The summed E-state index contributed by atoms with van der Waals surface area (Å²) in [5.41, 5.74) is 0.889. The molecule has 0 saturated heterocycles. The van der Waals surface area contributed by atoms with Crippen molar-refractivity contribution in [3.63, 3.8) is 0 Å². The number of thiophene rings is 1. The summed E-state index contributed by atoms with van der Waals surface area (Å²) >= 11 is 1.14. The van der Waals surface area contributed by atoms with Crippen molar-refractivity contribution in [2.24, 2.45) is 5.92 Å². The molecule has 0 aliphatic heterocycles. The van der Waals surface area contributed by atoms with Crippen molar-refractivity contribution < 1.29 is 22.7 Å². The number of benzene rings is 1. The first-order valence-electron chi connectivity index (χ1n) is 7.63. The Bertz CT molecular complexity index is 825. The number of esters is 1. The van der Waals surface area contributed by atoms with Crippen molar-refractivity contribution in [2.75, 3.05) is 14.2 Å². The lowest BCUT2D eigenvalue weighted by Crippen LogP contribution is -2.44. The van der Waals surface area contributed by atoms with E-state index in [4.69, 9.17) is 4.74 Å². The second kappa shape index (κ2) is 7.99. The summed E-state index contributed by atoms with van der Waals surface area (Å²) in [5, 5.41) is 0. The van der Waals surface area contributed by atoms with Crippen molar-refractivity contribution >= 4 is 27.3 Å². The molecule has 8 heteroatoms. The van der Waals surface area contributed by atoms with Gasteiger partial charge in [-0.25, -0.2) is 8.42 Å². The molecule has 0 aliphatic carbocycles. The highest BCUT2D eigenvalue weighted by Crippen LogP contribution is 2.32. The van der Waals surface area contributed by atoms with Crippen LogP contribution in [-0.2, 0) is 19.6 Å². The topological polar surface area (TPSA) is 81.7 Å². The zero-order valence-electron chi connectivity index (χ0n) is 14.5. The van der Waals surface area contributed by atoms with Gasteiger partial charge < -0.3 is 9.47 Å². The van der Waals surface area contributed by atoms with E-state index in [2.05, 4.69) is 9.46 Å². The molecule has 2 aromatic rings. The Labute approximate surface area is 151 Å². The molecule has 0 spiro atoms. The van der Waals surface area contributed by atoms with Gasteiger partial charge in [0.05, 0.1) is 14.2 Å². The summed E-state index contributed by atoms with van der Waals surface area (Å²) in [5.74, 6) is -0.110. The van der Waals surface area contributed by atoms with Crippen LogP contribution in [0.4, 0.5) is 0 Å². The van der Waals surface area contributed by atoms with Crippen LogP contribution in [0.2, 0.25) is 0 Å². The lowest BCUT2D eigenvalue weighted by atomic mass is 10.1. The SMILES string of the molecule is COC(=O)C(NS(=O)(=O)c1ccc(-c2ccc(OC)cc2)s1)C(C)C. The van der Waals surface area contributed by atoms with Gasteiger partial charge in [-0.3, -0.25) is 4.79 Å². The van der Waals surface area contributed by atoms with Crippen LogP contribution in [0.25, 0.3) is 10.4 Å². The third-order valence-electron chi connectivity index (χ3n) is 3.62. The first kappa shape index (κ1) is 19.4. The molecule has 0 radical (unpaired) electrons. The molecule has 1 N–H and O–H groups in total. The van der Waals surface area contributed by atoms with E-state index in [0.717, 1.165) is 27.5 Å². The summed E-state index contributed by atoms with van der Waals surface area (Å²) in [6.45, 7) is 3.50. The highest BCUT2D eigenvalue weighted by atomic mass is 32.2. The summed E-state index contributed by atoms with van der Waals surface area (Å²) in [6, 6.07) is 9.69. The van der Waals surface area contributed by atoms with Crippen LogP contribution in [0.1, 0.15) is 13.8 Å². The first-order chi connectivity index (χ1) is 11.8. The molecule has 25 heavy (non-hydrogen) atoms. The number of nitrogens with one attached hydrogen (secondary N) is 1. The maximum Gasteiger partial charge on any atom is 0.324 e. The molecule has 0 aliphatic rings. The van der Waals surface area contributed by atoms with E-state index in [1.165, 1.54) is 13.2 Å². The van der Waals surface area contributed by atoms with Crippen LogP contribution in [0.15, 0.2) is 40.6 Å². The third kappa shape index (κ3) is 4.59. The van der Waals surface area contributed by atoms with Gasteiger partial charge in [0, 0.05) is 4.88 Å². The lowest BCUT2D eigenvalue weighted by Gasteiger charge is -2.19. The van der Waals surface area contributed by atoms with E-state index in [-0.39, 0.29) is 10.1 Å². The molecule has 136 valence electrons. The minimum Gasteiger partial charge on any atom is -0.497 e. The molecule has 1 atom stereocenters. The molecular formula is C17H21NO5S2. The van der Waals surface area contributed by atoms with Crippen LogP contribution < -0.4 is 9.46 Å². The quantitative estimate of drug-likeness (QED) is 0.744. The van der Waals surface area contributed by atoms with Crippen LogP contribution >= 0.6 is 11.3 Å². The van der Waals surface area contributed by atoms with Gasteiger partial charge >= 0.3 is 5.97 Å². The highest BCUT2D eigenvalue weighted by molar-refractivity contribution is 7.91. The van der Waals surface area contributed by atoms with Gasteiger partial charge in [0.1, 0.15) is 16.0 Å². The van der Waals surface area contributed by atoms with E-state index < -0.39 is 22.0 Å². The summed E-state index contributed by atoms with van der Waals surface area (Å²) in [4.78, 5) is 12.6. The molecule has 1 aromatic heterocycles. The van der Waals surface area contributed by atoms with Crippen LogP contribution in [0.5, 0.6) is 5.75 Å². The van der Waals surface area contributed by atoms with Gasteiger partial charge in [0.25, 0.3) is 10.0 Å². The molecule has 2 rings (SSSR count). The molecule has 0 saturated carbocycles. The molecule has 1 heterocycles. The van der Waals surface area contributed by atoms with Crippen molar-refractivity contribution in [2.45, 2.75) is 24.1 Å². The molecule has 6 nitrogen and oxygen atoms in total. The number of methoxy groups -OCH3 is 2. The zero-order chi connectivity index (χ0) is 18.6. The second-order valence-corrected chi connectivity index (χ2v) is 8.74. The smallest absolute Gasteiger partial charge is 0.324 e. The zero-order valence-corrected chi connectivity index (χ0v) is 16.1. The van der Waals surface area contributed by atoms with Gasteiger partial charge in [0.15, 0.2) is 0 Å². The molecule has 0 amide bonds. The number of hydrogen-bond acceptors (Lipinski definition) is 6. The Balaban J connectivity index is 2.25. The van der Waals surface area contributed by atoms with Crippen LogP contribution in [0.3, 0.4) is 0 Å². The van der Waals surface area contributed by atoms with Gasteiger partial charge in [-0.1, -0.05) is 13.8 Å². The Morgan fingerprint density at radius 1 is 1.08 bits per heavy atom. The number of hydrogen-bond donors (Lipinski definition) is 1. The fraction of sp³-hybridized carbons (Fsp3) is 0.353. The minimum atomic E-state index is -3.82. The van der Waals surface area contributed by atoms with Crippen molar-refractivity contribution in [3.8, 4) is 16.2 Å². The Morgan fingerprint density at radius 3 is 2.24 bits per heavy atom. The maximum atomic E-state index is 12.6. The molecule has 0 fully saturated rings. The predicted molar refractivity (Wildman–Crippen MR) is 97.3 cm³/mol. The van der Waals surface area contributed by atoms with Crippen LogP contribution in [0, 0.1) is 5.92 Å². The van der Waals surface area contributed by atoms with Crippen molar-refractivity contribution in [1.29, 1.82) is 0 Å². The summed E-state index contributed by atoms with van der Waals surface area (Å²) < 4.78 is 37.5. The predicted octanol–water partition coefficient (Wildman–Crippen LogP) is 2.90. The maximum absolute atomic E-state index is 12.6. The number of sulfonamides is 1. The third-order valence-corrected chi connectivity index (χ3v) is 6.69. The average molecular weight is 383 g/mol. The summed E-state index contributed by atoms with van der Waals surface area (Å²) in [7, 11) is -0.995. The Hall–Kier alpha value is -1.90. The highest BCUT2D eigenvalue weighted by Gasteiger charge is 2.29. The van der Waals surface area contributed by atoms with E-state index in [1.807, 2.05) is 24.3 Å². The number of rotatable bonds is 7. The molecular weight excluding hydrogens is 362 g/mol. The largest absolute Gasteiger partial charge is 0.497 e. The lowest BCUT2D eigenvalue weighted by molar-refractivity contribution is -0.143. The van der Waals surface area contributed by atoms with E-state index in [1.54, 1.807) is 27.0 Å². The summed E-state index contributed by atoms with van der Waals surface area (Å²) in [6.07, 6.45) is 0. The van der Waals surface area contributed by atoms with Gasteiger partial charge in [-0.05, 0) is 47.9 Å². The number of carbonyl (C=O) groups is 1. The Morgan fingerprint density at radius 2 is 1.72 bits per heavy atom. The molecule has 0 bridgehead atoms. The van der Waals surface area contributed by atoms with Crippen LogP contribution in [-0.4, -0.2) is 34.6 Å². The second-order valence-electron chi connectivity index (χ2n) is 5.71. The molecule has 1 unspecified atom stereocenters. The van der Waals surface area contributed by atoms with Crippen molar-refractivity contribution in [1.82, 2.24) is 4.72 Å². The fourth-order valence-corrected chi connectivity index (χ4v) is 4.84. The van der Waals surface area contributed by atoms with E-state index >= 15 is 0 Å². The van der Waals surface area contributed by atoms with E-state index in [9.17, 15) is 13.2 Å². The van der Waals surface area contributed by atoms with Gasteiger partial charge in [-0.15, -0.1) is 11.3 Å². The first-order valence-corrected chi connectivity index (χ1v) is 9.93. The van der Waals surface area contributed by atoms with Gasteiger partial charge in [0.2, 0.25) is 0 Å². The van der Waals surface area contributed by atoms with Gasteiger partial charge in [-0.2, -0.15) is 4.72 Å². The standard InChI is InChI=1S/C17H21NO5S2/c1-11(2)16(17(19)23-4)18-25(20,21)15-10-9-14(24-15)12-5-7-13(22-3)8-6-12/h5-11,16,18H,1-4H3. The Kier molecular flexibility index (Phi) is 6.21. The monoisotopic (exact) mass is 383 g/mol. The van der Waals surface area contributed by atoms with Crippen molar-refractivity contribution in [3.05, 3.63) is 36.4 Å². The molecule has 1 aromatic carbocycles. The minimum absolute atomic E-state index is 0.146. The number of carbonyl (C=O) groups excluding carboxylic acids is 1. The van der Waals surface area contributed by atoms with E-state index in [0.29, 0.717) is 0 Å². The number of ether oxygens (including phenoxy) is 2.